The Labute approximate surface area is 787 Å². The quantitative estimate of drug-likeness (QED) is 0.153. The Morgan fingerprint density at radius 3 is 0.588 bits per heavy atom. The lowest BCUT2D eigenvalue weighted by Gasteiger charge is -2.49. The van der Waals surface area contributed by atoms with Gasteiger partial charge in [0.05, 0.1) is 0 Å². The van der Waals surface area contributed by atoms with Crippen molar-refractivity contribution in [2.75, 3.05) is 29.4 Å². The van der Waals surface area contributed by atoms with E-state index in [9.17, 15) is 0 Å². The Morgan fingerprint density at radius 1 is 0.145 bits per heavy atom. The van der Waals surface area contributed by atoms with E-state index in [2.05, 4.69) is 501 Å². The second-order valence-corrected chi connectivity index (χ2v) is 50.6. The van der Waals surface area contributed by atoms with Crippen molar-refractivity contribution in [2.45, 2.75) is 288 Å². The Kier molecular flexibility index (Phi) is 20.2. The molecule has 6 heterocycles. The van der Waals surface area contributed by atoms with Crippen molar-refractivity contribution >= 4 is 172 Å². The van der Waals surface area contributed by atoms with Crippen molar-refractivity contribution in [2.24, 2.45) is 0 Å². The fraction of sp³-hybridized carbons (Fsp3) is 0.361. The minimum absolute atomic E-state index is 0.0401. The molecule has 19 rings (SSSR count). The van der Waals surface area contributed by atoms with E-state index in [1.165, 1.54) is 179 Å². The van der Waals surface area contributed by atoms with E-state index in [-0.39, 0.29) is 79.7 Å². The topological polar surface area (TPSA) is 19.4 Å². The second kappa shape index (κ2) is 29.7. The standard InChI is InChI=1S/C122H139B3N6/c1-112(2,3)74-37-50-84(51-38-74)126-96-62-49-80(118(19,20)21)63-91(96)123-92-70-93-99(72-98(92)128(86-54-41-76(42-55-86)114(7,8)9)103-65-81(119(22,23)24)64-102(126)109(103)123)129(87-56-43-77(44-57-87)115(10,11)12)104-66-82(120(25,26)27)67-105-110(104)124(93)94-71-95-101(73-100(94)130(105)88-58-45-78(46-59-88)116(13,14)15)131(89-60-47-79(48-61-89)117(16,17)18)107-69-83(121(28,29)30)68-106-111(107)125(95)108-90(122(31,32)33)35-34-36-97(108)127(106)85-52-39-75(40-53-85)113(4,5)6/h34-73H,1-33H3. The summed E-state index contributed by atoms with van der Waals surface area (Å²) in [5.74, 6) is 0. The van der Waals surface area contributed by atoms with Crippen LogP contribution in [0.15, 0.2) is 243 Å². The summed E-state index contributed by atoms with van der Waals surface area (Å²) in [6.45, 7) is 77.7. The molecule has 666 valence electrons. The Hall–Kier alpha value is -11.1. The van der Waals surface area contributed by atoms with E-state index in [4.69, 9.17) is 0 Å². The molecule has 0 fully saturated rings. The van der Waals surface area contributed by atoms with Crippen LogP contribution in [0.3, 0.4) is 0 Å². The van der Waals surface area contributed by atoms with Gasteiger partial charge in [0.2, 0.25) is 0 Å². The molecule has 0 aromatic heterocycles. The first-order valence-corrected chi connectivity index (χ1v) is 48.6. The van der Waals surface area contributed by atoms with E-state index in [0.717, 1.165) is 34.1 Å². The molecule has 0 atom stereocenters. The number of hydrogen-bond acceptors (Lipinski definition) is 6. The second-order valence-electron chi connectivity index (χ2n) is 50.6. The van der Waals surface area contributed by atoms with Crippen molar-refractivity contribution in [3.63, 3.8) is 0 Å². The number of hydrogen-bond donors (Lipinski definition) is 0. The minimum atomic E-state index is -0.322. The molecule has 0 saturated carbocycles. The van der Waals surface area contributed by atoms with Gasteiger partial charge in [-0.25, -0.2) is 0 Å². The van der Waals surface area contributed by atoms with Gasteiger partial charge < -0.3 is 29.4 Å². The van der Waals surface area contributed by atoms with Crippen LogP contribution in [-0.4, -0.2) is 20.1 Å². The summed E-state index contributed by atoms with van der Waals surface area (Å²) < 4.78 is 0. The van der Waals surface area contributed by atoms with Crippen molar-refractivity contribution in [1.82, 2.24) is 0 Å². The van der Waals surface area contributed by atoms with Crippen LogP contribution in [0, 0.1) is 0 Å². The maximum atomic E-state index is 2.80. The lowest BCUT2D eigenvalue weighted by molar-refractivity contribution is 0.589. The van der Waals surface area contributed by atoms with Gasteiger partial charge in [0.25, 0.3) is 20.1 Å². The molecule has 6 aliphatic heterocycles. The van der Waals surface area contributed by atoms with Crippen LogP contribution < -0.4 is 78.6 Å². The number of rotatable bonds is 6. The van der Waals surface area contributed by atoms with E-state index in [1.807, 2.05) is 0 Å². The van der Waals surface area contributed by atoms with Gasteiger partial charge in [-0.1, -0.05) is 338 Å². The summed E-state index contributed by atoms with van der Waals surface area (Å²) in [6, 6.07) is 99.5. The van der Waals surface area contributed by atoms with Gasteiger partial charge in [-0.3, -0.25) is 0 Å². The molecule has 0 spiro atoms. The summed E-state index contributed by atoms with van der Waals surface area (Å²) in [7, 11) is 0. The lowest BCUT2D eigenvalue weighted by Crippen LogP contribution is -2.67. The highest BCUT2D eigenvalue weighted by molar-refractivity contribution is 7.05. The number of nitrogens with zero attached hydrogens (tertiary/aromatic N) is 6. The average molecular weight is 1720 g/mol. The van der Waals surface area contributed by atoms with Gasteiger partial charge in [-0.15, -0.1) is 0 Å². The van der Waals surface area contributed by atoms with Gasteiger partial charge >= 0.3 is 0 Å². The first-order valence-electron chi connectivity index (χ1n) is 48.6. The fourth-order valence-electron chi connectivity index (χ4n) is 21.8. The van der Waals surface area contributed by atoms with Crippen LogP contribution in [-0.2, 0) is 59.6 Å². The molecule has 0 amide bonds. The zero-order chi connectivity index (χ0) is 93.9. The smallest absolute Gasteiger partial charge is 0.252 e. The Bertz CT molecular complexity index is 6750. The summed E-state index contributed by atoms with van der Waals surface area (Å²) >= 11 is 0. The third-order valence-corrected chi connectivity index (χ3v) is 29.7. The largest absolute Gasteiger partial charge is 0.311 e. The van der Waals surface area contributed by atoms with Crippen molar-refractivity contribution in [3.05, 3.63) is 304 Å². The molecule has 13 aromatic carbocycles. The number of anilines is 18. The van der Waals surface area contributed by atoms with Crippen LogP contribution >= 0.6 is 0 Å². The molecule has 0 N–H and O–H groups in total. The van der Waals surface area contributed by atoms with Crippen molar-refractivity contribution in [3.8, 4) is 0 Å². The highest BCUT2D eigenvalue weighted by Gasteiger charge is 2.53. The summed E-state index contributed by atoms with van der Waals surface area (Å²) in [4.78, 5) is 16.2. The van der Waals surface area contributed by atoms with Crippen LogP contribution in [0.4, 0.5) is 102 Å². The Morgan fingerprint density at radius 2 is 0.351 bits per heavy atom. The summed E-state index contributed by atoms with van der Waals surface area (Å²) in [6.07, 6.45) is 0. The maximum absolute atomic E-state index is 2.80. The van der Waals surface area contributed by atoms with E-state index in [0.29, 0.717) is 0 Å². The molecule has 13 aromatic rings. The minimum Gasteiger partial charge on any atom is -0.311 e. The first kappa shape index (κ1) is 89.1. The predicted octanol–water partition coefficient (Wildman–Crippen LogP) is 28.2. The van der Waals surface area contributed by atoms with Crippen LogP contribution in [0.5, 0.6) is 0 Å². The molecule has 0 aliphatic carbocycles. The molecule has 131 heavy (non-hydrogen) atoms. The monoisotopic (exact) mass is 1720 g/mol. The van der Waals surface area contributed by atoms with Crippen molar-refractivity contribution < 1.29 is 0 Å². The van der Waals surface area contributed by atoms with E-state index < -0.39 is 0 Å². The highest BCUT2D eigenvalue weighted by atomic mass is 15.2. The normalized spacial score (nSPS) is 14.9. The highest BCUT2D eigenvalue weighted by Crippen LogP contribution is 2.55. The molecule has 0 radical (unpaired) electrons. The van der Waals surface area contributed by atoms with E-state index >= 15 is 0 Å². The molecular formula is C122H139B3N6. The summed E-state index contributed by atoms with van der Waals surface area (Å²) in [5, 5.41) is 0. The van der Waals surface area contributed by atoms with Crippen LogP contribution in [0.25, 0.3) is 0 Å². The van der Waals surface area contributed by atoms with Crippen LogP contribution in [0.1, 0.15) is 290 Å². The summed E-state index contributed by atoms with van der Waals surface area (Å²) in [5.41, 5.74) is 45.7. The number of fused-ring (bicyclic) bond motifs is 12. The molecule has 0 bridgehead atoms. The fourth-order valence-corrected chi connectivity index (χ4v) is 21.8. The molecule has 0 unspecified atom stereocenters. The SMILES string of the molecule is CC(C)(C)c1ccc(N2c3ccc(C(C)(C)C)cc3B3c4cc5c(cc4N(c4ccc(C(C)(C)C)cc4)c4cc(C(C)(C)C)cc2c43)N(c2ccc(C(C)(C)C)cc2)c2cc(C(C)(C)C)cc3c2B5c2cc4c(cc2N3c2ccc(C(C)(C)C)cc2)N(c2ccc(C(C)(C)C)cc2)c2cc(C(C)(C)C)cc3c2B4c2c(cccc2C(C)(C)C)N3c2ccc(C(C)(C)C)cc2)cc1. The van der Waals surface area contributed by atoms with Gasteiger partial charge in [0.15, 0.2) is 0 Å². The molecule has 0 saturated heterocycles. The third-order valence-electron chi connectivity index (χ3n) is 29.7. The van der Waals surface area contributed by atoms with Gasteiger partial charge in [-0.2, -0.15) is 0 Å². The first-order chi connectivity index (χ1) is 60.9. The molecule has 9 heteroatoms. The zero-order valence-electron chi connectivity index (χ0n) is 85.0. The number of benzene rings is 13. The third kappa shape index (κ3) is 14.9. The van der Waals surface area contributed by atoms with Gasteiger partial charge in [-0.05, 0) is 303 Å². The average Bonchev–Trinajstić information content (AvgIpc) is 0.673. The van der Waals surface area contributed by atoms with Crippen molar-refractivity contribution in [1.29, 1.82) is 0 Å². The van der Waals surface area contributed by atoms with Gasteiger partial charge in [0.1, 0.15) is 0 Å². The van der Waals surface area contributed by atoms with E-state index in [1.54, 1.807) is 0 Å². The molecular weight excluding hydrogens is 1580 g/mol. The van der Waals surface area contributed by atoms with Crippen LogP contribution in [0.2, 0.25) is 0 Å². The molecule has 6 aliphatic rings. The lowest BCUT2D eigenvalue weighted by atomic mass is 9.28. The molecule has 6 nitrogen and oxygen atoms in total. The van der Waals surface area contributed by atoms with Gasteiger partial charge in [0, 0.05) is 102 Å². The predicted molar refractivity (Wildman–Crippen MR) is 574 cm³/mol. The maximum Gasteiger partial charge on any atom is 0.252 e. The Balaban J connectivity index is 1.00. The zero-order valence-corrected chi connectivity index (χ0v) is 85.0.